The highest BCUT2D eigenvalue weighted by Gasteiger charge is 2.15. The van der Waals surface area contributed by atoms with E-state index in [2.05, 4.69) is 32.5 Å². The van der Waals surface area contributed by atoms with E-state index in [1.165, 1.54) is 0 Å². The van der Waals surface area contributed by atoms with E-state index in [-0.39, 0.29) is 5.41 Å². The van der Waals surface area contributed by atoms with Crippen LogP contribution in [0, 0.1) is 5.41 Å². The Morgan fingerprint density at radius 3 is 2.33 bits per heavy atom. The van der Waals surface area contributed by atoms with Gasteiger partial charge in [-0.3, -0.25) is 4.99 Å². The van der Waals surface area contributed by atoms with Gasteiger partial charge < -0.3 is 5.01 Å². The molecule has 0 amide bonds. The highest BCUT2D eigenvalue weighted by molar-refractivity contribution is 5.30. The van der Waals surface area contributed by atoms with Gasteiger partial charge in [0.25, 0.3) is 0 Å². The summed E-state index contributed by atoms with van der Waals surface area (Å²) in [6, 6.07) is 0. The molecule has 70 valence electrons. The Hall–Kier alpha value is -0.830. The SMILES string of the molecule is C=N/C(=C\N(N)CC)C(C)(C)C. The second-order valence-electron chi connectivity index (χ2n) is 3.75. The van der Waals surface area contributed by atoms with E-state index >= 15 is 0 Å². The summed E-state index contributed by atoms with van der Waals surface area (Å²) in [6.45, 7) is 12.5. The monoisotopic (exact) mass is 169 g/mol. The van der Waals surface area contributed by atoms with Crippen molar-refractivity contribution in [2.75, 3.05) is 6.54 Å². The molecule has 0 aliphatic carbocycles. The van der Waals surface area contributed by atoms with Crippen molar-refractivity contribution in [2.24, 2.45) is 16.3 Å². The molecule has 3 heteroatoms. The molecule has 0 aromatic rings. The molecular formula is C9H19N3. The zero-order valence-corrected chi connectivity index (χ0v) is 8.46. The van der Waals surface area contributed by atoms with E-state index in [0.717, 1.165) is 12.2 Å². The third-order valence-corrected chi connectivity index (χ3v) is 1.59. The number of allylic oxidation sites excluding steroid dienone is 1. The van der Waals surface area contributed by atoms with Crippen molar-refractivity contribution in [2.45, 2.75) is 27.7 Å². The molecule has 0 rings (SSSR count). The van der Waals surface area contributed by atoms with Crippen LogP contribution in [-0.2, 0) is 0 Å². The molecule has 0 aliphatic heterocycles. The predicted molar refractivity (Wildman–Crippen MR) is 53.7 cm³/mol. The molecule has 0 aromatic carbocycles. The minimum Gasteiger partial charge on any atom is -0.317 e. The molecule has 12 heavy (non-hydrogen) atoms. The Morgan fingerprint density at radius 2 is 2.08 bits per heavy atom. The molecule has 0 aliphatic rings. The average molecular weight is 169 g/mol. The van der Waals surface area contributed by atoms with Gasteiger partial charge >= 0.3 is 0 Å². The lowest BCUT2D eigenvalue weighted by Gasteiger charge is -2.21. The smallest absolute Gasteiger partial charge is 0.0622 e. The lowest BCUT2D eigenvalue weighted by atomic mass is 9.93. The Kier molecular flexibility index (Phi) is 3.96. The summed E-state index contributed by atoms with van der Waals surface area (Å²) in [5, 5.41) is 1.61. The first-order valence-corrected chi connectivity index (χ1v) is 4.12. The molecule has 3 nitrogen and oxygen atoms in total. The number of hydrogen-bond acceptors (Lipinski definition) is 3. The van der Waals surface area contributed by atoms with Gasteiger partial charge in [-0.25, -0.2) is 5.84 Å². The summed E-state index contributed by atoms with van der Waals surface area (Å²) in [5.41, 5.74) is 0.918. The van der Waals surface area contributed by atoms with Crippen LogP contribution in [-0.4, -0.2) is 18.3 Å². The van der Waals surface area contributed by atoms with Crippen molar-refractivity contribution in [1.82, 2.24) is 5.01 Å². The van der Waals surface area contributed by atoms with E-state index < -0.39 is 0 Å². The number of hydrogen-bond donors (Lipinski definition) is 1. The van der Waals surface area contributed by atoms with Gasteiger partial charge in [0.2, 0.25) is 0 Å². The van der Waals surface area contributed by atoms with Crippen LogP contribution in [0.1, 0.15) is 27.7 Å². The van der Waals surface area contributed by atoms with Gasteiger partial charge in [0.15, 0.2) is 0 Å². The predicted octanol–water partition coefficient (Wildman–Crippen LogP) is 1.77. The molecule has 0 fully saturated rings. The van der Waals surface area contributed by atoms with Gasteiger partial charge in [-0.2, -0.15) is 0 Å². The van der Waals surface area contributed by atoms with Gasteiger partial charge in [-0.05, 0) is 13.6 Å². The van der Waals surface area contributed by atoms with Crippen molar-refractivity contribution in [3.8, 4) is 0 Å². The fourth-order valence-corrected chi connectivity index (χ4v) is 0.720. The van der Waals surface area contributed by atoms with Crippen LogP contribution in [0.2, 0.25) is 0 Å². The Balaban J connectivity index is 4.55. The van der Waals surface area contributed by atoms with E-state index in [9.17, 15) is 0 Å². The fraction of sp³-hybridized carbons (Fsp3) is 0.667. The van der Waals surface area contributed by atoms with Crippen LogP contribution in [0.3, 0.4) is 0 Å². The van der Waals surface area contributed by atoms with Gasteiger partial charge in [0.1, 0.15) is 0 Å². The molecule has 0 aromatic heterocycles. The minimum absolute atomic E-state index is 0.00847. The minimum atomic E-state index is 0.00847. The quantitative estimate of drug-likeness (QED) is 0.397. The first-order chi connectivity index (χ1) is 5.41. The molecule has 0 heterocycles. The van der Waals surface area contributed by atoms with Gasteiger partial charge in [0, 0.05) is 18.2 Å². The summed E-state index contributed by atoms with van der Waals surface area (Å²) in [4.78, 5) is 3.94. The van der Waals surface area contributed by atoms with Gasteiger partial charge in [0.05, 0.1) is 5.70 Å². The van der Waals surface area contributed by atoms with E-state index in [0.29, 0.717) is 0 Å². The zero-order chi connectivity index (χ0) is 9.78. The van der Waals surface area contributed by atoms with Crippen LogP contribution in [0.15, 0.2) is 16.9 Å². The number of nitrogens with two attached hydrogens (primary N) is 1. The van der Waals surface area contributed by atoms with Crippen LogP contribution in [0.25, 0.3) is 0 Å². The number of nitrogens with zero attached hydrogens (tertiary/aromatic N) is 2. The second kappa shape index (κ2) is 4.26. The number of aliphatic imine (C=N–C) groups is 1. The maximum absolute atomic E-state index is 5.62. The maximum atomic E-state index is 5.62. The van der Waals surface area contributed by atoms with Crippen LogP contribution in [0.5, 0.6) is 0 Å². The molecule has 0 atom stereocenters. The van der Waals surface area contributed by atoms with Gasteiger partial charge in [-0.15, -0.1) is 0 Å². The third-order valence-electron chi connectivity index (χ3n) is 1.59. The first kappa shape index (κ1) is 11.2. The Morgan fingerprint density at radius 1 is 1.58 bits per heavy atom. The van der Waals surface area contributed by atoms with Crippen molar-refractivity contribution >= 4 is 6.72 Å². The van der Waals surface area contributed by atoms with Gasteiger partial charge in [-0.1, -0.05) is 20.8 Å². The highest BCUT2D eigenvalue weighted by Crippen LogP contribution is 2.25. The maximum Gasteiger partial charge on any atom is 0.0622 e. The lowest BCUT2D eigenvalue weighted by Crippen LogP contribution is -2.26. The molecule has 0 radical (unpaired) electrons. The molecule has 0 saturated heterocycles. The fourth-order valence-electron chi connectivity index (χ4n) is 0.720. The van der Waals surface area contributed by atoms with Crippen molar-refractivity contribution in [3.05, 3.63) is 11.9 Å². The molecule has 0 bridgehead atoms. The topological polar surface area (TPSA) is 41.6 Å². The van der Waals surface area contributed by atoms with E-state index in [1.807, 2.05) is 13.1 Å². The largest absolute Gasteiger partial charge is 0.317 e. The first-order valence-electron chi connectivity index (χ1n) is 4.12. The number of rotatable bonds is 3. The summed E-state index contributed by atoms with van der Waals surface area (Å²) < 4.78 is 0. The molecular weight excluding hydrogens is 150 g/mol. The Bertz CT molecular complexity index is 177. The summed E-state index contributed by atoms with van der Waals surface area (Å²) in [7, 11) is 0. The molecule has 0 unspecified atom stereocenters. The van der Waals surface area contributed by atoms with Crippen LogP contribution < -0.4 is 5.84 Å². The van der Waals surface area contributed by atoms with Crippen molar-refractivity contribution in [1.29, 1.82) is 0 Å². The van der Waals surface area contributed by atoms with Crippen LogP contribution in [0.4, 0.5) is 0 Å². The molecule has 0 spiro atoms. The van der Waals surface area contributed by atoms with Crippen LogP contribution >= 0.6 is 0 Å². The summed E-state index contributed by atoms with van der Waals surface area (Å²) in [5.74, 6) is 5.62. The Labute approximate surface area is 74.9 Å². The lowest BCUT2D eigenvalue weighted by molar-refractivity contribution is 0.393. The van der Waals surface area contributed by atoms with E-state index in [1.54, 1.807) is 5.01 Å². The standard InChI is InChI=1S/C9H19N3/c1-6-12(10)7-8(11-5)9(2,3)4/h7H,5-6,10H2,1-4H3/b8-7-. The second-order valence-corrected chi connectivity index (χ2v) is 3.75. The third kappa shape index (κ3) is 3.53. The number of hydrazine groups is 1. The van der Waals surface area contributed by atoms with Crippen molar-refractivity contribution < 1.29 is 0 Å². The summed E-state index contributed by atoms with van der Waals surface area (Å²) >= 11 is 0. The average Bonchev–Trinajstić information content (AvgIpc) is 1.97. The van der Waals surface area contributed by atoms with Crippen molar-refractivity contribution in [3.63, 3.8) is 0 Å². The highest BCUT2D eigenvalue weighted by atomic mass is 15.4. The molecule has 0 saturated carbocycles. The normalized spacial score (nSPS) is 12.9. The van der Waals surface area contributed by atoms with E-state index in [4.69, 9.17) is 5.84 Å². The molecule has 2 N–H and O–H groups in total. The summed E-state index contributed by atoms with van der Waals surface area (Å²) in [6.07, 6.45) is 1.83. The zero-order valence-electron chi connectivity index (χ0n) is 8.46.